The molecule has 2 aromatic heterocycles. The highest BCUT2D eigenvalue weighted by molar-refractivity contribution is 5.98. The third-order valence-corrected chi connectivity index (χ3v) is 5.56. The number of ether oxygens (including phenoxy) is 2. The maximum Gasteiger partial charge on any atom is 0.281 e. The van der Waals surface area contributed by atoms with Crippen molar-refractivity contribution in [1.82, 2.24) is 25.1 Å². The Morgan fingerprint density at radius 3 is 2.76 bits per heavy atom. The summed E-state index contributed by atoms with van der Waals surface area (Å²) in [6, 6.07) is 19.9. The summed E-state index contributed by atoms with van der Waals surface area (Å²) in [4.78, 5) is 29.7. The average Bonchev–Trinajstić information content (AvgIpc) is 3.49. The number of fused-ring (bicyclic) bond motifs is 4. The molecule has 3 heterocycles. The molecule has 0 radical (unpaired) electrons. The predicted molar refractivity (Wildman–Crippen MR) is 120 cm³/mol. The molecule has 33 heavy (non-hydrogen) atoms. The molecule has 0 spiro atoms. The van der Waals surface area contributed by atoms with Crippen LogP contribution in [-0.4, -0.2) is 32.5 Å². The fraction of sp³-hybridized carbons (Fsp3) is 0.0833. The lowest BCUT2D eigenvalue weighted by Gasteiger charge is -2.08. The van der Waals surface area contributed by atoms with Crippen molar-refractivity contribution in [3.8, 4) is 22.8 Å². The molecule has 9 heteroatoms. The SMILES string of the molecule is O=C(NCc1ccc2c(c1)OCO2)c1ccc2c(=O)nc3c(-c4ccccc4)n[nH]n3c2c1. The molecule has 0 fully saturated rings. The number of amides is 1. The highest BCUT2D eigenvalue weighted by atomic mass is 16.7. The zero-order chi connectivity index (χ0) is 22.4. The first-order valence-corrected chi connectivity index (χ1v) is 10.3. The van der Waals surface area contributed by atoms with Gasteiger partial charge in [-0.15, -0.1) is 0 Å². The van der Waals surface area contributed by atoms with Crippen molar-refractivity contribution in [3.63, 3.8) is 0 Å². The number of benzene rings is 3. The zero-order valence-electron chi connectivity index (χ0n) is 17.2. The molecule has 0 atom stereocenters. The summed E-state index contributed by atoms with van der Waals surface area (Å²) in [5.41, 5.74) is 3.24. The lowest BCUT2D eigenvalue weighted by atomic mass is 10.1. The van der Waals surface area contributed by atoms with Gasteiger partial charge in [-0.3, -0.25) is 9.59 Å². The fourth-order valence-electron chi connectivity index (χ4n) is 3.89. The number of hydrogen-bond donors (Lipinski definition) is 2. The van der Waals surface area contributed by atoms with E-state index in [0.29, 0.717) is 45.9 Å². The molecule has 9 nitrogen and oxygen atoms in total. The van der Waals surface area contributed by atoms with E-state index in [2.05, 4.69) is 20.6 Å². The van der Waals surface area contributed by atoms with Gasteiger partial charge in [-0.1, -0.05) is 36.4 Å². The maximum atomic E-state index is 12.8. The number of nitrogens with one attached hydrogen (secondary N) is 2. The van der Waals surface area contributed by atoms with Crippen molar-refractivity contribution in [2.75, 3.05) is 6.79 Å². The van der Waals surface area contributed by atoms with Crippen molar-refractivity contribution in [2.45, 2.75) is 6.54 Å². The van der Waals surface area contributed by atoms with Gasteiger partial charge in [-0.05, 0) is 35.9 Å². The minimum Gasteiger partial charge on any atom is -0.454 e. The van der Waals surface area contributed by atoms with Crippen LogP contribution >= 0.6 is 0 Å². The third kappa shape index (κ3) is 3.26. The van der Waals surface area contributed by atoms with Gasteiger partial charge in [0.25, 0.3) is 11.5 Å². The number of carbonyl (C=O) groups excluding carboxylic acids is 1. The molecular formula is C24H17N5O4. The first kappa shape index (κ1) is 19.1. The van der Waals surface area contributed by atoms with Gasteiger partial charge in [-0.25, -0.2) is 9.73 Å². The summed E-state index contributed by atoms with van der Waals surface area (Å²) >= 11 is 0. The summed E-state index contributed by atoms with van der Waals surface area (Å²) in [5.74, 6) is 1.09. The first-order chi connectivity index (χ1) is 16.2. The van der Waals surface area contributed by atoms with Crippen molar-refractivity contribution in [3.05, 3.63) is 88.2 Å². The van der Waals surface area contributed by atoms with Crippen LogP contribution in [0.2, 0.25) is 0 Å². The van der Waals surface area contributed by atoms with Gasteiger partial charge in [0.1, 0.15) is 5.69 Å². The molecule has 5 aromatic rings. The van der Waals surface area contributed by atoms with Gasteiger partial charge in [0, 0.05) is 17.7 Å². The van der Waals surface area contributed by atoms with E-state index >= 15 is 0 Å². The Balaban J connectivity index is 1.34. The lowest BCUT2D eigenvalue weighted by molar-refractivity contribution is 0.0951. The van der Waals surface area contributed by atoms with Crippen LogP contribution in [-0.2, 0) is 6.54 Å². The Bertz CT molecular complexity index is 1590. The van der Waals surface area contributed by atoms with Gasteiger partial charge in [0.2, 0.25) is 6.79 Å². The number of carbonyl (C=O) groups is 1. The summed E-state index contributed by atoms with van der Waals surface area (Å²) in [6.45, 7) is 0.520. The Labute approximate surface area is 186 Å². The van der Waals surface area contributed by atoms with Gasteiger partial charge >= 0.3 is 0 Å². The van der Waals surface area contributed by atoms with E-state index in [-0.39, 0.29) is 18.3 Å². The summed E-state index contributed by atoms with van der Waals surface area (Å²) < 4.78 is 12.3. The second-order valence-electron chi connectivity index (χ2n) is 7.60. The predicted octanol–water partition coefficient (Wildman–Crippen LogP) is 2.90. The van der Waals surface area contributed by atoms with Gasteiger partial charge in [0.05, 0.1) is 10.9 Å². The minimum atomic E-state index is -0.379. The Morgan fingerprint density at radius 2 is 1.88 bits per heavy atom. The normalized spacial score (nSPS) is 12.4. The van der Waals surface area contributed by atoms with Gasteiger partial charge in [0.15, 0.2) is 17.1 Å². The smallest absolute Gasteiger partial charge is 0.281 e. The van der Waals surface area contributed by atoms with Gasteiger partial charge in [-0.2, -0.15) is 10.1 Å². The summed E-state index contributed by atoms with van der Waals surface area (Å²) in [6.07, 6.45) is 0. The van der Waals surface area contributed by atoms with Crippen LogP contribution in [0.3, 0.4) is 0 Å². The number of aromatic amines is 1. The van der Waals surface area contributed by atoms with Crippen LogP contribution in [0.5, 0.6) is 11.5 Å². The molecule has 1 aliphatic rings. The molecule has 1 aliphatic heterocycles. The van der Waals surface area contributed by atoms with Crippen molar-refractivity contribution < 1.29 is 14.3 Å². The molecule has 0 saturated carbocycles. The Kier molecular flexibility index (Phi) is 4.32. The molecule has 0 aliphatic carbocycles. The molecule has 1 amide bonds. The number of rotatable bonds is 4. The van der Waals surface area contributed by atoms with Crippen molar-refractivity contribution in [1.29, 1.82) is 0 Å². The third-order valence-electron chi connectivity index (χ3n) is 5.56. The van der Waals surface area contributed by atoms with E-state index in [4.69, 9.17) is 9.47 Å². The van der Waals surface area contributed by atoms with E-state index in [1.807, 2.05) is 48.5 Å². The summed E-state index contributed by atoms with van der Waals surface area (Å²) in [5, 5.41) is 10.6. The maximum absolute atomic E-state index is 12.8. The average molecular weight is 439 g/mol. The number of H-pyrrole nitrogens is 1. The Hall–Kier alpha value is -4.66. The molecule has 0 saturated heterocycles. The number of aromatic nitrogens is 4. The van der Waals surface area contributed by atoms with Crippen LogP contribution < -0.4 is 20.3 Å². The molecule has 0 unspecified atom stereocenters. The molecule has 0 bridgehead atoms. The van der Waals surface area contributed by atoms with Crippen LogP contribution in [0.25, 0.3) is 27.8 Å². The molecule has 2 N–H and O–H groups in total. The fourth-order valence-corrected chi connectivity index (χ4v) is 3.89. The quantitative estimate of drug-likeness (QED) is 0.446. The standard InChI is InChI=1S/C24H17N5O4/c30-23(25-12-14-6-9-19-20(10-14)33-13-32-19)16-7-8-17-18(11-16)29-22(26-24(17)31)21(27-28-29)15-4-2-1-3-5-15/h1-11,28H,12-13H2,(H,25,30). The van der Waals surface area contributed by atoms with Crippen LogP contribution in [0.15, 0.2) is 71.5 Å². The number of hydrogen-bond acceptors (Lipinski definition) is 6. The topological polar surface area (TPSA) is 111 Å². The second kappa shape index (κ2) is 7.49. The highest BCUT2D eigenvalue weighted by Crippen LogP contribution is 2.32. The largest absolute Gasteiger partial charge is 0.454 e. The molecule has 6 rings (SSSR count). The van der Waals surface area contributed by atoms with Crippen LogP contribution in [0.4, 0.5) is 0 Å². The first-order valence-electron chi connectivity index (χ1n) is 10.3. The van der Waals surface area contributed by atoms with E-state index in [9.17, 15) is 9.59 Å². The van der Waals surface area contributed by atoms with E-state index < -0.39 is 0 Å². The van der Waals surface area contributed by atoms with E-state index in [1.165, 1.54) is 0 Å². The van der Waals surface area contributed by atoms with E-state index in [0.717, 1.165) is 11.1 Å². The monoisotopic (exact) mass is 439 g/mol. The lowest BCUT2D eigenvalue weighted by Crippen LogP contribution is -2.23. The number of nitrogens with zero attached hydrogens (tertiary/aromatic N) is 3. The van der Waals surface area contributed by atoms with Crippen LogP contribution in [0.1, 0.15) is 15.9 Å². The zero-order valence-corrected chi connectivity index (χ0v) is 17.2. The Morgan fingerprint density at radius 1 is 1.03 bits per heavy atom. The highest BCUT2D eigenvalue weighted by Gasteiger charge is 2.17. The minimum absolute atomic E-state index is 0.199. The van der Waals surface area contributed by atoms with Crippen LogP contribution in [0, 0.1) is 0 Å². The van der Waals surface area contributed by atoms with E-state index in [1.54, 1.807) is 22.7 Å². The van der Waals surface area contributed by atoms with Crippen molar-refractivity contribution >= 4 is 22.5 Å². The molecule has 3 aromatic carbocycles. The summed E-state index contributed by atoms with van der Waals surface area (Å²) in [7, 11) is 0. The van der Waals surface area contributed by atoms with Gasteiger partial charge < -0.3 is 14.8 Å². The second-order valence-corrected chi connectivity index (χ2v) is 7.60. The molecular weight excluding hydrogens is 422 g/mol. The van der Waals surface area contributed by atoms with Crippen molar-refractivity contribution in [2.24, 2.45) is 0 Å². The molecule has 162 valence electrons.